The molecule has 0 atom stereocenters. The first-order chi connectivity index (χ1) is 6.74. The van der Waals surface area contributed by atoms with Crippen molar-refractivity contribution in [3.05, 3.63) is 28.8 Å². The highest BCUT2D eigenvalue weighted by atomic mass is 35.5. The van der Waals surface area contributed by atoms with Gasteiger partial charge >= 0.3 is 0 Å². The number of hydrogen-bond donors (Lipinski definition) is 0. The molecule has 1 aromatic rings. The normalized spacial score (nSPS) is 9.07. The average molecular weight is 209 g/mol. The van der Waals surface area contributed by atoms with Gasteiger partial charge in [0.05, 0.1) is 11.6 Å². The summed E-state index contributed by atoms with van der Waals surface area (Å²) < 4.78 is 5.49. The second-order valence-electron chi connectivity index (χ2n) is 2.96. The van der Waals surface area contributed by atoms with Gasteiger partial charge in [0.25, 0.3) is 0 Å². The van der Waals surface area contributed by atoms with Gasteiger partial charge in [-0.15, -0.1) is 11.8 Å². The molecule has 0 aliphatic rings. The highest BCUT2D eigenvalue weighted by Crippen LogP contribution is 2.25. The van der Waals surface area contributed by atoms with Crippen molar-refractivity contribution in [1.29, 1.82) is 0 Å². The molecule has 0 amide bonds. The molecule has 0 aliphatic carbocycles. The Labute approximate surface area is 90.0 Å². The van der Waals surface area contributed by atoms with Crippen LogP contribution in [0.3, 0.4) is 0 Å². The van der Waals surface area contributed by atoms with E-state index in [2.05, 4.69) is 11.8 Å². The maximum absolute atomic E-state index is 5.95. The van der Waals surface area contributed by atoms with Crippen LogP contribution in [0.5, 0.6) is 5.75 Å². The Morgan fingerprint density at radius 3 is 2.93 bits per heavy atom. The van der Waals surface area contributed by atoms with Gasteiger partial charge in [-0.3, -0.25) is 0 Å². The summed E-state index contributed by atoms with van der Waals surface area (Å²) in [5.74, 6) is 6.49. The molecule has 0 saturated carbocycles. The summed E-state index contributed by atoms with van der Waals surface area (Å²) in [5, 5.41) is 0.653. The molecule has 0 aromatic heterocycles. The van der Waals surface area contributed by atoms with E-state index in [-0.39, 0.29) is 0 Å². The molecule has 0 unspecified atom stereocenters. The monoisotopic (exact) mass is 208 g/mol. The highest BCUT2D eigenvalue weighted by molar-refractivity contribution is 6.32. The fourth-order valence-corrected chi connectivity index (χ4v) is 1.23. The van der Waals surface area contributed by atoms with Crippen molar-refractivity contribution in [3.8, 4) is 17.6 Å². The summed E-state index contributed by atoms with van der Waals surface area (Å²) in [6.45, 7) is 4.42. The Balaban J connectivity index is 2.56. The van der Waals surface area contributed by atoms with Crippen molar-refractivity contribution in [1.82, 2.24) is 0 Å². The summed E-state index contributed by atoms with van der Waals surface area (Å²) in [5.41, 5.74) is 1.14. The summed E-state index contributed by atoms with van der Waals surface area (Å²) in [6.07, 6.45) is 0.737. The molecular formula is C12H13ClO. The number of benzene rings is 1. The molecule has 1 nitrogen and oxygen atoms in total. The van der Waals surface area contributed by atoms with Crippen LogP contribution in [0.1, 0.15) is 18.9 Å². The summed E-state index contributed by atoms with van der Waals surface area (Å²) in [7, 11) is 0. The second kappa shape index (κ2) is 5.57. The lowest BCUT2D eigenvalue weighted by Gasteiger charge is -2.06. The van der Waals surface area contributed by atoms with Crippen LogP contribution in [0.25, 0.3) is 0 Å². The van der Waals surface area contributed by atoms with Gasteiger partial charge in [-0.1, -0.05) is 17.7 Å². The molecule has 0 aliphatic heterocycles. The van der Waals surface area contributed by atoms with Crippen LogP contribution in [-0.2, 0) is 0 Å². The van der Waals surface area contributed by atoms with Gasteiger partial charge in [0, 0.05) is 6.42 Å². The first-order valence-corrected chi connectivity index (χ1v) is 4.90. The van der Waals surface area contributed by atoms with Crippen molar-refractivity contribution in [2.45, 2.75) is 20.3 Å². The Bertz CT molecular complexity index is 360. The molecule has 0 spiro atoms. The zero-order valence-corrected chi connectivity index (χ0v) is 9.19. The number of halogens is 1. The van der Waals surface area contributed by atoms with E-state index in [0.717, 1.165) is 17.7 Å². The first-order valence-electron chi connectivity index (χ1n) is 4.52. The maximum Gasteiger partial charge on any atom is 0.138 e. The van der Waals surface area contributed by atoms with E-state index in [1.54, 1.807) is 0 Å². The molecule has 0 bridgehead atoms. The quantitative estimate of drug-likeness (QED) is 0.546. The van der Waals surface area contributed by atoms with E-state index in [9.17, 15) is 0 Å². The Morgan fingerprint density at radius 1 is 1.43 bits per heavy atom. The van der Waals surface area contributed by atoms with Gasteiger partial charge in [0.2, 0.25) is 0 Å². The topological polar surface area (TPSA) is 9.23 Å². The molecule has 1 rings (SSSR count). The summed E-state index contributed by atoms with van der Waals surface area (Å²) in [6, 6.07) is 5.74. The lowest BCUT2D eigenvalue weighted by molar-refractivity contribution is 0.327. The number of aryl methyl sites for hydroxylation is 1. The predicted molar refractivity (Wildman–Crippen MR) is 59.8 cm³/mol. The van der Waals surface area contributed by atoms with E-state index in [0.29, 0.717) is 11.6 Å². The molecule has 2 heteroatoms. The van der Waals surface area contributed by atoms with Gasteiger partial charge in [-0.25, -0.2) is 0 Å². The zero-order valence-electron chi connectivity index (χ0n) is 8.43. The van der Waals surface area contributed by atoms with Crippen LogP contribution in [0.15, 0.2) is 18.2 Å². The Morgan fingerprint density at radius 2 is 2.21 bits per heavy atom. The number of ether oxygens (including phenoxy) is 1. The standard InChI is InChI=1S/C12H13ClO/c1-3-4-5-8-14-12-9-10(2)6-7-11(12)13/h6-7,9H,5,8H2,1-2H3. The van der Waals surface area contributed by atoms with E-state index in [4.69, 9.17) is 16.3 Å². The molecule has 0 saturated heterocycles. The Kier molecular flexibility index (Phi) is 4.35. The van der Waals surface area contributed by atoms with Crippen LogP contribution >= 0.6 is 11.6 Å². The maximum atomic E-state index is 5.95. The molecular weight excluding hydrogens is 196 g/mol. The minimum atomic E-state index is 0.587. The van der Waals surface area contributed by atoms with Crippen molar-refractivity contribution in [2.75, 3.05) is 6.61 Å². The predicted octanol–water partition coefficient (Wildman–Crippen LogP) is 3.44. The molecule has 74 valence electrons. The molecule has 0 heterocycles. The van der Waals surface area contributed by atoms with Gasteiger partial charge in [-0.05, 0) is 31.5 Å². The number of hydrogen-bond acceptors (Lipinski definition) is 1. The largest absolute Gasteiger partial charge is 0.491 e. The van der Waals surface area contributed by atoms with E-state index >= 15 is 0 Å². The SMILES string of the molecule is CC#CCCOc1cc(C)ccc1Cl. The van der Waals surface area contributed by atoms with Gasteiger partial charge < -0.3 is 4.74 Å². The van der Waals surface area contributed by atoms with E-state index < -0.39 is 0 Å². The summed E-state index contributed by atoms with van der Waals surface area (Å²) in [4.78, 5) is 0. The van der Waals surface area contributed by atoms with Crippen LogP contribution in [0.2, 0.25) is 5.02 Å². The molecule has 0 fully saturated rings. The Hall–Kier alpha value is -1.13. The van der Waals surface area contributed by atoms with Crippen LogP contribution in [0, 0.1) is 18.8 Å². The van der Waals surface area contributed by atoms with Crippen molar-refractivity contribution >= 4 is 11.6 Å². The van der Waals surface area contributed by atoms with Gasteiger partial charge in [0.1, 0.15) is 5.75 Å². The lowest BCUT2D eigenvalue weighted by atomic mass is 10.2. The first kappa shape index (κ1) is 10.9. The van der Waals surface area contributed by atoms with Crippen molar-refractivity contribution in [2.24, 2.45) is 0 Å². The minimum Gasteiger partial charge on any atom is -0.491 e. The fourth-order valence-electron chi connectivity index (χ4n) is 1.06. The van der Waals surface area contributed by atoms with Crippen molar-refractivity contribution in [3.63, 3.8) is 0 Å². The third-order valence-electron chi connectivity index (χ3n) is 1.75. The lowest BCUT2D eigenvalue weighted by Crippen LogP contribution is -1.96. The minimum absolute atomic E-state index is 0.587. The smallest absolute Gasteiger partial charge is 0.138 e. The molecule has 0 radical (unpaired) electrons. The highest BCUT2D eigenvalue weighted by Gasteiger charge is 2.00. The zero-order chi connectivity index (χ0) is 10.4. The van der Waals surface area contributed by atoms with E-state index in [1.165, 1.54) is 0 Å². The second-order valence-corrected chi connectivity index (χ2v) is 3.37. The van der Waals surface area contributed by atoms with Gasteiger partial charge in [-0.2, -0.15) is 0 Å². The molecule has 1 aromatic carbocycles. The molecule has 14 heavy (non-hydrogen) atoms. The van der Waals surface area contributed by atoms with Gasteiger partial charge in [0.15, 0.2) is 0 Å². The third kappa shape index (κ3) is 3.32. The van der Waals surface area contributed by atoms with Crippen LogP contribution < -0.4 is 4.74 Å². The third-order valence-corrected chi connectivity index (χ3v) is 2.06. The van der Waals surface area contributed by atoms with E-state index in [1.807, 2.05) is 32.0 Å². The molecule has 0 N–H and O–H groups in total. The fraction of sp³-hybridized carbons (Fsp3) is 0.333. The summed E-state index contributed by atoms with van der Waals surface area (Å²) >= 11 is 5.95. The van der Waals surface area contributed by atoms with Crippen LogP contribution in [0.4, 0.5) is 0 Å². The van der Waals surface area contributed by atoms with Crippen LogP contribution in [-0.4, -0.2) is 6.61 Å². The van der Waals surface area contributed by atoms with Crippen molar-refractivity contribution < 1.29 is 4.74 Å². The average Bonchev–Trinajstić information content (AvgIpc) is 2.18. The number of rotatable bonds is 3.